The van der Waals surface area contributed by atoms with Crippen molar-refractivity contribution >= 4 is 23.4 Å². The number of nitrogens with one attached hydrogen (secondary N) is 1. The number of carbonyl (C=O) groups is 2. The molecule has 0 bridgehead atoms. The van der Waals surface area contributed by atoms with Gasteiger partial charge in [0.15, 0.2) is 11.5 Å². The summed E-state index contributed by atoms with van der Waals surface area (Å²) in [5, 5.41) is 2.88. The molecule has 1 fully saturated rings. The van der Waals surface area contributed by atoms with Crippen LogP contribution >= 0.6 is 0 Å². The second-order valence-corrected chi connectivity index (χ2v) is 9.68. The second-order valence-electron chi connectivity index (χ2n) is 9.68. The van der Waals surface area contributed by atoms with Crippen molar-refractivity contribution in [1.29, 1.82) is 0 Å². The highest BCUT2D eigenvalue weighted by Gasteiger charge is 2.21. The van der Waals surface area contributed by atoms with Gasteiger partial charge in [-0.15, -0.1) is 0 Å². The number of ether oxygens (including phenoxy) is 3. The fraction of sp³-hybridized carbons (Fsp3) is 0.333. The molecule has 3 N–H and O–H groups in total. The molecule has 2 amide bonds. The molecule has 0 atom stereocenters. The molecule has 0 saturated carbocycles. The molecule has 3 aromatic carbocycles. The summed E-state index contributed by atoms with van der Waals surface area (Å²) in [6.45, 7) is 3.53. The zero-order chi connectivity index (χ0) is 27.2. The average molecular weight is 531 g/mol. The van der Waals surface area contributed by atoms with Crippen LogP contribution in [-0.4, -0.2) is 57.0 Å². The summed E-state index contributed by atoms with van der Waals surface area (Å²) in [5.74, 6) is 1.13. The number of rotatable bonds is 9. The van der Waals surface area contributed by atoms with E-state index in [9.17, 15) is 9.59 Å². The monoisotopic (exact) mass is 530 g/mol. The quantitative estimate of drug-likeness (QED) is 0.407. The van der Waals surface area contributed by atoms with Crippen molar-refractivity contribution < 1.29 is 23.8 Å². The number of benzene rings is 3. The highest BCUT2D eigenvalue weighted by molar-refractivity contribution is 5.95. The van der Waals surface area contributed by atoms with Crippen molar-refractivity contribution in [3.8, 4) is 22.6 Å². The molecule has 2 aliphatic rings. The van der Waals surface area contributed by atoms with Gasteiger partial charge in [-0.05, 0) is 78.9 Å². The van der Waals surface area contributed by atoms with Gasteiger partial charge in [-0.3, -0.25) is 10.1 Å². The third-order valence-corrected chi connectivity index (χ3v) is 7.04. The molecular weight excluding hydrogens is 496 g/mol. The van der Waals surface area contributed by atoms with Gasteiger partial charge in [0.25, 0.3) is 5.91 Å². The van der Waals surface area contributed by atoms with Crippen molar-refractivity contribution in [3.05, 3.63) is 71.8 Å². The van der Waals surface area contributed by atoms with Gasteiger partial charge in [0.05, 0.1) is 18.5 Å². The van der Waals surface area contributed by atoms with Crippen LogP contribution in [0, 0.1) is 0 Å². The van der Waals surface area contributed by atoms with Gasteiger partial charge in [0, 0.05) is 31.7 Å². The SMILES string of the molecule is COC(=O)Nc1cc(-c2cccc(CN(CCCN)C(=O)c3ccc4c(c3)OCO4)c2)ccc1N1CCCC1. The van der Waals surface area contributed by atoms with Gasteiger partial charge in [0.2, 0.25) is 6.79 Å². The molecule has 0 radical (unpaired) electrons. The van der Waals surface area contributed by atoms with Crippen LogP contribution in [0.4, 0.5) is 16.2 Å². The standard InChI is InChI=1S/C30H34N4O5/c1-37-30(36)32-25-17-23(8-10-26(25)33-13-2-3-14-33)22-7-4-6-21(16-22)19-34(15-5-12-31)29(35)24-9-11-27-28(18-24)39-20-38-27/h4,6-11,16-18H,2-3,5,12-15,19-20,31H2,1H3,(H,32,36). The molecule has 3 aromatic rings. The normalized spacial score (nSPS) is 13.8. The molecular formula is C30H34N4O5. The number of hydrogen-bond acceptors (Lipinski definition) is 7. The number of fused-ring (bicyclic) bond motifs is 1. The van der Waals surface area contributed by atoms with E-state index in [-0.39, 0.29) is 12.7 Å². The summed E-state index contributed by atoms with van der Waals surface area (Å²) in [5.41, 5.74) is 11.0. The van der Waals surface area contributed by atoms with Gasteiger partial charge in [-0.2, -0.15) is 0 Å². The van der Waals surface area contributed by atoms with E-state index in [1.54, 1.807) is 18.2 Å². The molecule has 0 spiro atoms. The van der Waals surface area contributed by atoms with E-state index in [4.69, 9.17) is 19.9 Å². The molecule has 5 rings (SSSR count). The minimum absolute atomic E-state index is 0.0910. The van der Waals surface area contributed by atoms with E-state index in [0.29, 0.717) is 48.8 Å². The molecule has 1 saturated heterocycles. The van der Waals surface area contributed by atoms with Gasteiger partial charge >= 0.3 is 6.09 Å². The predicted octanol–water partition coefficient (Wildman–Crippen LogP) is 4.85. The maximum absolute atomic E-state index is 13.5. The van der Waals surface area contributed by atoms with E-state index in [1.165, 1.54) is 7.11 Å². The Morgan fingerprint density at radius 3 is 2.59 bits per heavy atom. The Bertz CT molecular complexity index is 1340. The van der Waals surface area contributed by atoms with Crippen molar-refractivity contribution in [3.63, 3.8) is 0 Å². The van der Waals surface area contributed by atoms with Crippen LogP contribution in [0.5, 0.6) is 11.5 Å². The average Bonchev–Trinajstić information content (AvgIpc) is 3.67. The molecule has 0 unspecified atom stereocenters. The van der Waals surface area contributed by atoms with Crippen molar-refractivity contribution in [2.75, 3.05) is 50.3 Å². The zero-order valence-electron chi connectivity index (χ0n) is 22.2. The Labute approximate surface area is 228 Å². The highest BCUT2D eigenvalue weighted by Crippen LogP contribution is 2.35. The maximum atomic E-state index is 13.5. The molecule has 0 aromatic heterocycles. The summed E-state index contributed by atoms with van der Waals surface area (Å²) in [6.07, 6.45) is 2.45. The summed E-state index contributed by atoms with van der Waals surface area (Å²) >= 11 is 0. The van der Waals surface area contributed by atoms with Crippen molar-refractivity contribution in [2.45, 2.75) is 25.8 Å². The number of anilines is 2. The minimum atomic E-state index is -0.501. The number of hydrogen-bond donors (Lipinski definition) is 2. The Hall–Kier alpha value is -4.24. The topological polar surface area (TPSA) is 106 Å². The zero-order valence-corrected chi connectivity index (χ0v) is 22.2. The first-order valence-electron chi connectivity index (χ1n) is 13.3. The smallest absolute Gasteiger partial charge is 0.411 e. The number of carbonyl (C=O) groups excluding carboxylic acids is 2. The third kappa shape index (κ3) is 6.09. The molecule has 9 heteroatoms. The summed E-state index contributed by atoms with van der Waals surface area (Å²) < 4.78 is 15.7. The largest absolute Gasteiger partial charge is 0.454 e. The first-order chi connectivity index (χ1) is 19.1. The van der Waals surface area contributed by atoms with E-state index in [1.807, 2.05) is 29.2 Å². The van der Waals surface area contributed by atoms with Crippen LogP contribution in [0.25, 0.3) is 11.1 Å². The first kappa shape index (κ1) is 26.4. The summed E-state index contributed by atoms with van der Waals surface area (Å²) in [6, 6.07) is 19.5. The lowest BCUT2D eigenvalue weighted by molar-refractivity contribution is 0.0741. The predicted molar refractivity (Wildman–Crippen MR) is 150 cm³/mol. The fourth-order valence-corrected chi connectivity index (χ4v) is 5.03. The molecule has 9 nitrogen and oxygen atoms in total. The summed E-state index contributed by atoms with van der Waals surface area (Å²) in [7, 11) is 1.36. The Kier molecular flexibility index (Phi) is 8.17. The molecule has 0 aliphatic carbocycles. The molecule has 2 heterocycles. The van der Waals surface area contributed by atoms with Crippen LogP contribution in [0.2, 0.25) is 0 Å². The van der Waals surface area contributed by atoms with Crippen molar-refractivity contribution in [2.24, 2.45) is 5.73 Å². The van der Waals surface area contributed by atoms with Crippen LogP contribution < -0.4 is 25.4 Å². The summed E-state index contributed by atoms with van der Waals surface area (Å²) in [4.78, 5) is 29.7. The fourth-order valence-electron chi connectivity index (χ4n) is 5.03. The van der Waals surface area contributed by atoms with Crippen LogP contribution in [0.1, 0.15) is 35.2 Å². The molecule has 204 valence electrons. The lowest BCUT2D eigenvalue weighted by Gasteiger charge is -2.24. The van der Waals surface area contributed by atoms with E-state index < -0.39 is 6.09 Å². The maximum Gasteiger partial charge on any atom is 0.411 e. The number of amides is 2. The van der Waals surface area contributed by atoms with Crippen molar-refractivity contribution in [1.82, 2.24) is 4.90 Å². The Balaban J connectivity index is 1.39. The minimum Gasteiger partial charge on any atom is -0.454 e. The van der Waals surface area contributed by atoms with Gasteiger partial charge in [-0.25, -0.2) is 4.79 Å². The van der Waals surface area contributed by atoms with E-state index >= 15 is 0 Å². The highest BCUT2D eigenvalue weighted by atomic mass is 16.7. The number of nitrogens with zero attached hydrogens (tertiary/aromatic N) is 2. The van der Waals surface area contributed by atoms with E-state index in [0.717, 1.165) is 48.3 Å². The number of nitrogens with two attached hydrogens (primary N) is 1. The molecule has 2 aliphatic heterocycles. The van der Waals surface area contributed by atoms with Crippen LogP contribution in [0.15, 0.2) is 60.7 Å². The number of methoxy groups -OCH3 is 1. The lowest BCUT2D eigenvalue weighted by Crippen LogP contribution is -2.32. The van der Waals surface area contributed by atoms with E-state index in [2.05, 4.69) is 28.4 Å². The lowest BCUT2D eigenvalue weighted by atomic mass is 10.0. The molecule has 39 heavy (non-hydrogen) atoms. The third-order valence-electron chi connectivity index (χ3n) is 7.04. The van der Waals surface area contributed by atoms with Gasteiger partial charge in [-0.1, -0.05) is 24.3 Å². The second kappa shape index (κ2) is 12.1. The van der Waals surface area contributed by atoms with Gasteiger partial charge in [0.1, 0.15) is 0 Å². The van der Waals surface area contributed by atoms with Crippen LogP contribution in [0.3, 0.4) is 0 Å². The Morgan fingerprint density at radius 1 is 1.00 bits per heavy atom. The van der Waals surface area contributed by atoms with Crippen LogP contribution in [-0.2, 0) is 11.3 Å². The first-order valence-corrected chi connectivity index (χ1v) is 13.3. The van der Waals surface area contributed by atoms with Gasteiger partial charge < -0.3 is 29.7 Å². The Morgan fingerprint density at radius 2 is 1.79 bits per heavy atom.